The van der Waals surface area contributed by atoms with Gasteiger partial charge in [-0.2, -0.15) is 0 Å². The van der Waals surface area contributed by atoms with Crippen LogP contribution in [0.2, 0.25) is 0 Å². The SMILES string of the molecule is CC1(C)C2CN(C(=O)c3csc(CN)n3)CC21.Cl. The number of carbonyl (C=O) groups is 1. The summed E-state index contributed by atoms with van der Waals surface area (Å²) in [5, 5.41) is 2.65. The van der Waals surface area contributed by atoms with Gasteiger partial charge < -0.3 is 10.6 Å². The predicted molar refractivity (Wildman–Crippen MR) is 73.9 cm³/mol. The van der Waals surface area contributed by atoms with Crippen LogP contribution in [0, 0.1) is 17.3 Å². The molecule has 0 spiro atoms. The first-order valence-electron chi connectivity index (χ1n) is 5.97. The molecule has 4 nitrogen and oxygen atoms in total. The molecular formula is C12H18ClN3OS. The number of rotatable bonds is 2. The molecule has 18 heavy (non-hydrogen) atoms. The Bertz CT molecular complexity index is 460. The molecule has 1 saturated heterocycles. The Morgan fingerprint density at radius 3 is 2.67 bits per heavy atom. The lowest BCUT2D eigenvalue weighted by Crippen LogP contribution is -2.33. The first-order chi connectivity index (χ1) is 8.04. The number of hydrogen-bond acceptors (Lipinski definition) is 4. The topological polar surface area (TPSA) is 59.2 Å². The second-order valence-electron chi connectivity index (χ2n) is 5.58. The molecule has 3 rings (SSSR count). The van der Waals surface area contributed by atoms with E-state index in [2.05, 4.69) is 18.8 Å². The zero-order valence-corrected chi connectivity index (χ0v) is 12.2. The third-order valence-corrected chi connectivity index (χ3v) is 5.23. The normalized spacial score (nSPS) is 27.6. The molecule has 2 aliphatic rings. The number of aromatic nitrogens is 1. The van der Waals surface area contributed by atoms with E-state index in [1.165, 1.54) is 11.3 Å². The van der Waals surface area contributed by atoms with Crippen LogP contribution in [-0.2, 0) is 6.54 Å². The number of halogens is 1. The summed E-state index contributed by atoms with van der Waals surface area (Å²) in [5.41, 5.74) is 6.51. The molecule has 1 aromatic heterocycles. The van der Waals surface area contributed by atoms with Gasteiger partial charge in [-0.1, -0.05) is 13.8 Å². The van der Waals surface area contributed by atoms with Gasteiger partial charge in [-0.15, -0.1) is 23.7 Å². The van der Waals surface area contributed by atoms with Crippen molar-refractivity contribution < 1.29 is 4.79 Å². The number of nitrogens with zero attached hydrogens (tertiary/aromatic N) is 2. The van der Waals surface area contributed by atoms with Crippen LogP contribution in [-0.4, -0.2) is 28.9 Å². The Morgan fingerprint density at radius 1 is 1.56 bits per heavy atom. The molecule has 2 N–H and O–H groups in total. The molecular weight excluding hydrogens is 270 g/mol. The van der Waals surface area contributed by atoms with Gasteiger partial charge in [0.05, 0.1) is 0 Å². The maximum Gasteiger partial charge on any atom is 0.273 e. The Labute approximate surface area is 117 Å². The second kappa shape index (κ2) is 4.47. The largest absolute Gasteiger partial charge is 0.337 e. The molecule has 0 aromatic carbocycles. The molecule has 1 aromatic rings. The number of carbonyl (C=O) groups excluding carboxylic acids is 1. The van der Waals surface area contributed by atoms with E-state index < -0.39 is 0 Å². The van der Waals surface area contributed by atoms with Crippen molar-refractivity contribution in [1.29, 1.82) is 0 Å². The number of amides is 1. The Kier molecular flexibility index (Phi) is 3.42. The summed E-state index contributed by atoms with van der Waals surface area (Å²) in [5.74, 6) is 1.46. The van der Waals surface area contributed by atoms with E-state index in [9.17, 15) is 4.79 Å². The lowest BCUT2D eigenvalue weighted by Gasteiger charge is -2.21. The zero-order chi connectivity index (χ0) is 12.2. The van der Waals surface area contributed by atoms with Gasteiger partial charge in [0, 0.05) is 25.0 Å². The van der Waals surface area contributed by atoms with E-state index in [-0.39, 0.29) is 18.3 Å². The van der Waals surface area contributed by atoms with E-state index in [0.29, 0.717) is 29.5 Å². The predicted octanol–water partition coefficient (Wildman–Crippen LogP) is 1.75. The Hall–Kier alpha value is -0.650. The van der Waals surface area contributed by atoms with Gasteiger partial charge in [0.25, 0.3) is 5.91 Å². The minimum atomic E-state index is 0. The standard InChI is InChI=1S/C12H17N3OS.ClH/c1-12(2)7-4-15(5-8(7)12)11(16)9-6-17-10(3-13)14-9;/h6-8H,3-5,13H2,1-2H3;1H. The van der Waals surface area contributed by atoms with Gasteiger partial charge in [-0.25, -0.2) is 4.98 Å². The molecule has 1 amide bonds. The highest BCUT2D eigenvalue weighted by Crippen LogP contribution is 2.62. The summed E-state index contributed by atoms with van der Waals surface area (Å²) in [6.07, 6.45) is 0. The second-order valence-corrected chi connectivity index (χ2v) is 6.52. The van der Waals surface area contributed by atoms with Crippen LogP contribution in [0.4, 0.5) is 0 Å². The molecule has 2 atom stereocenters. The number of fused-ring (bicyclic) bond motifs is 1. The van der Waals surface area contributed by atoms with Crippen LogP contribution in [0.5, 0.6) is 0 Å². The van der Waals surface area contributed by atoms with E-state index in [4.69, 9.17) is 5.73 Å². The minimum absolute atomic E-state index is 0. The zero-order valence-electron chi connectivity index (χ0n) is 10.5. The molecule has 100 valence electrons. The fourth-order valence-corrected chi connectivity index (χ4v) is 3.61. The number of piperidine rings is 1. The van der Waals surface area contributed by atoms with Gasteiger partial charge in [-0.05, 0) is 17.3 Å². The smallest absolute Gasteiger partial charge is 0.273 e. The summed E-state index contributed by atoms with van der Waals surface area (Å²) >= 11 is 1.46. The van der Waals surface area contributed by atoms with Crippen molar-refractivity contribution in [3.8, 4) is 0 Å². The van der Waals surface area contributed by atoms with Gasteiger partial charge in [0.2, 0.25) is 0 Å². The monoisotopic (exact) mass is 287 g/mol. The molecule has 2 unspecified atom stereocenters. The third-order valence-electron chi connectivity index (χ3n) is 4.35. The maximum atomic E-state index is 12.2. The molecule has 1 aliphatic carbocycles. The molecule has 1 aliphatic heterocycles. The van der Waals surface area contributed by atoms with Crippen molar-refractivity contribution in [2.24, 2.45) is 23.0 Å². The molecule has 2 heterocycles. The average Bonchev–Trinajstić information content (AvgIpc) is 2.81. The molecule has 0 radical (unpaired) electrons. The van der Waals surface area contributed by atoms with Gasteiger partial charge in [-0.3, -0.25) is 4.79 Å². The van der Waals surface area contributed by atoms with Crippen LogP contribution >= 0.6 is 23.7 Å². The summed E-state index contributed by atoms with van der Waals surface area (Å²) in [6.45, 7) is 6.78. The first-order valence-corrected chi connectivity index (χ1v) is 6.85. The Morgan fingerprint density at radius 2 is 2.17 bits per heavy atom. The highest BCUT2D eigenvalue weighted by atomic mass is 35.5. The van der Waals surface area contributed by atoms with Crippen LogP contribution in [0.3, 0.4) is 0 Å². The molecule has 1 saturated carbocycles. The molecule has 0 bridgehead atoms. The summed E-state index contributed by atoms with van der Waals surface area (Å²) < 4.78 is 0. The number of nitrogens with two attached hydrogens (primary N) is 1. The van der Waals surface area contributed by atoms with E-state index in [1.54, 1.807) is 0 Å². The third kappa shape index (κ3) is 1.94. The Balaban J connectivity index is 0.00000120. The molecule has 6 heteroatoms. The number of hydrogen-bond donors (Lipinski definition) is 1. The van der Waals surface area contributed by atoms with E-state index in [0.717, 1.165) is 18.1 Å². The van der Waals surface area contributed by atoms with Crippen molar-refractivity contribution >= 4 is 29.7 Å². The minimum Gasteiger partial charge on any atom is -0.337 e. The maximum absolute atomic E-state index is 12.2. The lowest BCUT2D eigenvalue weighted by molar-refractivity contribution is 0.0753. The fourth-order valence-electron chi connectivity index (χ4n) is 2.96. The van der Waals surface area contributed by atoms with Gasteiger partial charge in [0.15, 0.2) is 0 Å². The van der Waals surface area contributed by atoms with Crippen molar-refractivity contribution in [2.75, 3.05) is 13.1 Å². The van der Waals surface area contributed by atoms with Crippen LogP contribution in [0.1, 0.15) is 29.3 Å². The fraction of sp³-hybridized carbons (Fsp3) is 0.667. The lowest BCUT2D eigenvalue weighted by atomic mass is 10.1. The number of thiazole rings is 1. The van der Waals surface area contributed by atoms with Crippen LogP contribution < -0.4 is 5.73 Å². The summed E-state index contributed by atoms with van der Waals surface area (Å²) in [4.78, 5) is 18.4. The van der Waals surface area contributed by atoms with Crippen molar-refractivity contribution in [3.63, 3.8) is 0 Å². The van der Waals surface area contributed by atoms with Gasteiger partial charge >= 0.3 is 0 Å². The van der Waals surface area contributed by atoms with E-state index in [1.807, 2.05) is 10.3 Å². The highest BCUT2D eigenvalue weighted by Gasteiger charge is 2.62. The summed E-state index contributed by atoms with van der Waals surface area (Å²) in [7, 11) is 0. The first kappa shape index (κ1) is 13.8. The summed E-state index contributed by atoms with van der Waals surface area (Å²) in [6, 6.07) is 0. The quantitative estimate of drug-likeness (QED) is 0.901. The van der Waals surface area contributed by atoms with Crippen molar-refractivity contribution in [3.05, 3.63) is 16.1 Å². The van der Waals surface area contributed by atoms with Crippen LogP contribution in [0.25, 0.3) is 0 Å². The van der Waals surface area contributed by atoms with E-state index >= 15 is 0 Å². The molecule has 2 fully saturated rings. The number of likely N-dealkylation sites (tertiary alicyclic amines) is 1. The van der Waals surface area contributed by atoms with Crippen LogP contribution in [0.15, 0.2) is 5.38 Å². The van der Waals surface area contributed by atoms with Gasteiger partial charge in [0.1, 0.15) is 10.7 Å². The van der Waals surface area contributed by atoms with Crippen molar-refractivity contribution in [1.82, 2.24) is 9.88 Å². The van der Waals surface area contributed by atoms with Crippen molar-refractivity contribution in [2.45, 2.75) is 20.4 Å². The average molecular weight is 288 g/mol. The highest BCUT2D eigenvalue weighted by molar-refractivity contribution is 7.09.